The van der Waals surface area contributed by atoms with Crippen molar-refractivity contribution >= 4 is 11.8 Å². The summed E-state index contributed by atoms with van der Waals surface area (Å²) in [5.74, 6) is -3.74. The molecule has 0 radical (unpaired) electrons. The lowest BCUT2D eigenvalue weighted by Gasteiger charge is -2.02. The second-order valence-electron chi connectivity index (χ2n) is 3.17. The van der Waals surface area contributed by atoms with Crippen molar-refractivity contribution in [3.63, 3.8) is 0 Å². The van der Waals surface area contributed by atoms with Crippen LogP contribution in [0.25, 0.3) is 0 Å². The smallest absolute Gasteiger partial charge is 0.300 e. The van der Waals surface area contributed by atoms with Crippen LogP contribution in [0.1, 0.15) is 10.4 Å². The first kappa shape index (κ1) is 11.1. The maximum atomic E-state index is 13.3. The van der Waals surface area contributed by atoms with E-state index in [1.807, 2.05) is 0 Å². The zero-order chi connectivity index (χ0) is 12.6. The van der Waals surface area contributed by atoms with E-state index in [0.29, 0.717) is 0 Å². The molecule has 2 aromatic rings. The van der Waals surface area contributed by atoms with Crippen LogP contribution in [0.5, 0.6) is 0 Å². The van der Waals surface area contributed by atoms with E-state index < -0.39 is 28.7 Å². The molecule has 1 heterocycles. The van der Waals surface area contributed by atoms with Gasteiger partial charge in [0.25, 0.3) is 5.56 Å². The highest BCUT2D eigenvalue weighted by Crippen LogP contribution is 2.13. The van der Waals surface area contributed by atoms with Gasteiger partial charge in [0.1, 0.15) is 17.2 Å². The molecule has 1 aromatic heterocycles. The van der Waals surface area contributed by atoms with E-state index in [-0.39, 0.29) is 10.6 Å². The van der Waals surface area contributed by atoms with Crippen LogP contribution in [0.15, 0.2) is 33.6 Å². The van der Waals surface area contributed by atoms with Gasteiger partial charge in [-0.15, -0.1) is 0 Å². The van der Waals surface area contributed by atoms with E-state index in [0.717, 1.165) is 24.3 Å². The highest BCUT2D eigenvalue weighted by Gasteiger charge is 2.22. The Morgan fingerprint density at radius 1 is 1.29 bits per heavy atom. The first-order chi connectivity index (χ1) is 8.00. The minimum absolute atomic E-state index is 0.191. The predicted octanol–water partition coefficient (Wildman–Crippen LogP) is 0.990. The predicted molar refractivity (Wildman–Crippen MR) is 53.5 cm³/mol. The molecular formula is C10H6F2N2O3. The van der Waals surface area contributed by atoms with Crippen molar-refractivity contribution in [3.8, 4) is 0 Å². The number of aromatic nitrogens is 1. The highest BCUT2D eigenvalue weighted by atomic mass is 19.1. The lowest BCUT2D eigenvalue weighted by Crippen LogP contribution is -2.24. The average Bonchev–Trinajstić information content (AvgIpc) is 2.57. The minimum atomic E-state index is -1.25. The Balaban J connectivity index is 2.59. The van der Waals surface area contributed by atoms with Gasteiger partial charge in [0, 0.05) is 0 Å². The quantitative estimate of drug-likeness (QED) is 0.806. The van der Waals surface area contributed by atoms with Gasteiger partial charge in [-0.2, -0.15) is 0 Å². The Morgan fingerprint density at radius 2 is 1.88 bits per heavy atom. The standard InChI is InChI=1S/C10H6F2N2O3/c11-5-2-1-3-6(12)9(5)10(16)14-8(15)4-7(13)17-14/h1-4H,13H2. The van der Waals surface area contributed by atoms with Crippen LogP contribution >= 0.6 is 0 Å². The second kappa shape index (κ2) is 3.85. The van der Waals surface area contributed by atoms with E-state index in [1.165, 1.54) is 0 Å². The average molecular weight is 240 g/mol. The van der Waals surface area contributed by atoms with E-state index >= 15 is 0 Å². The van der Waals surface area contributed by atoms with Crippen molar-refractivity contribution in [2.75, 3.05) is 5.73 Å². The number of benzene rings is 1. The number of nitrogens with two attached hydrogens (primary N) is 1. The molecule has 0 saturated carbocycles. The molecule has 0 spiro atoms. The van der Waals surface area contributed by atoms with Crippen LogP contribution in [0, 0.1) is 11.6 Å². The summed E-state index contributed by atoms with van der Waals surface area (Å²) in [6.07, 6.45) is 0. The first-order valence-corrected chi connectivity index (χ1v) is 4.48. The summed E-state index contributed by atoms with van der Waals surface area (Å²) >= 11 is 0. The summed E-state index contributed by atoms with van der Waals surface area (Å²) < 4.78 is 31.3. The van der Waals surface area contributed by atoms with Crippen LogP contribution in [0.3, 0.4) is 0 Å². The summed E-state index contributed by atoms with van der Waals surface area (Å²) in [6, 6.07) is 3.72. The largest absolute Gasteiger partial charge is 0.368 e. The second-order valence-corrected chi connectivity index (χ2v) is 3.17. The Kier molecular flexibility index (Phi) is 2.51. The number of halogens is 2. The molecule has 0 fully saturated rings. The molecular weight excluding hydrogens is 234 g/mol. The van der Waals surface area contributed by atoms with Crippen molar-refractivity contribution < 1.29 is 18.1 Å². The van der Waals surface area contributed by atoms with Gasteiger partial charge in [-0.05, 0) is 12.1 Å². The van der Waals surface area contributed by atoms with Crippen molar-refractivity contribution in [1.29, 1.82) is 0 Å². The molecule has 17 heavy (non-hydrogen) atoms. The van der Waals surface area contributed by atoms with Crippen LogP contribution in [0.4, 0.5) is 14.7 Å². The topological polar surface area (TPSA) is 78.2 Å². The Morgan fingerprint density at radius 3 is 2.35 bits per heavy atom. The van der Waals surface area contributed by atoms with E-state index in [9.17, 15) is 18.4 Å². The molecule has 0 aliphatic rings. The third kappa shape index (κ3) is 1.82. The number of rotatable bonds is 1. The van der Waals surface area contributed by atoms with Crippen molar-refractivity contribution in [3.05, 3.63) is 51.8 Å². The van der Waals surface area contributed by atoms with Gasteiger partial charge in [-0.25, -0.2) is 8.78 Å². The number of hydrogen-bond donors (Lipinski definition) is 1. The zero-order valence-corrected chi connectivity index (χ0v) is 8.31. The lowest BCUT2D eigenvalue weighted by atomic mass is 10.2. The van der Waals surface area contributed by atoms with Crippen molar-refractivity contribution in [2.45, 2.75) is 0 Å². The fourth-order valence-corrected chi connectivity index (χ4v) is 1.30. The number of carbonyl (C=O) groups excluding carboxylic acids is 1. The molecule has 1 aromatic carbocycles. The molecule has 0 saturated heterocycles. The summed E-state index contributed by atoms with van der Waals surface area (Å²) in [4.78, 5) is 22.9. The van der Waals surface area contributed by atoms with Crippen molar-refractivity contribution in [1.82, 2.24) is 4.74 Å². The van der Waals surface area contributed by atoms with Gasteiger partial charge in [0.15, 0.2) is 0 Å². The molecule has 0 aliphatic carbocycles. The third-order valence-corrected chi connectivity index (χ3v) is 2.02. The normalized spacial score (nSPS) is 10.5. The number of anilines is 1. The van der Waals surface area contributed by atoms with Gasteiger partial charge in [0.2, 0.25) is 5.88 Å². The van der Waals surface area contributed by atoms with E-state index in [4.69, 9.17) is 5.73 Å². The van der Waals surface area contributed by atoms with Crippen LogP contribution in [-0.4, -0.2) is 10.6 Å². The fraction of sp³-hybridized carbons (Fsp3) is 0. The Bertz CT molecular complexity index is 625. The van der Waals surface area contributed by atoms with E-state index in [2.05, 4.69) is 4.52 Å². The van der Waals surface area contributed by atoms with Crippen LogP contribution in [-0.2, 0) is 0 Å². The molecule has 0 aliphatic heterocycles. The molecule has 0 unspecified atom stereocenters. The maximum Gasteiger partial charge on any atom is 0.300 e. The SMILES string of the molecule is Nc1cc(=O)n(C(=O)c2c(F)cccc2F)o1. The number of hydrogen-bond acceptors (Lipinski definition) is 4. The number of carbonyl (C=O) groups is 1. The minimum Gasteiger partial charge on any atom is -0.368 e. The van der Waals surface area contributed by atoms with Gasteiger partial charge in [-0.3, -0.25) is 9.59 Å². The van der Waals surface area contributed by atoms with Gasteiger partial charge in [0.05, 0.1) is 6.07 Å². The van der Waals surface area contributed by atoms with E-state index in [1.54, 1.807) is 0 Å². The monoisotopic (exact) mass is 240 g/mol. The molecule has 0 bridgehead atoms. The highest BCUT2D eigenvalue weighted by molar-refractivity contribution is 5.95. The maximum absolute atomic E-state index is 13.3. The molecule has 2 rings (SSSR count). The summed E-state index contributed by atoms with van der Waals surface area (Å²) in [7, 11) is 0. The van der Waals surface area contributed by atoms with Gasteiger partial charge in [-0.1, -0.05) is 10.8 Å². The molecule has 0 amide bonds. The third-order valence-electron chi connectivity index (χ3n) is 2.02. The summed E-state index contributed by atoms with van der Waals surface area (Å²) in [5, 5.41) is 0. The van der Waals surface area contributed by atoms with Crippen molar-refractivity contribution in [2.24, 2.45) is 0 Å². The molecule has 2 N–H and O–H groups in total. The molecule has 7 heteroatoms. The summed E-state index contributed by atoms with van der Waals surface area (Å²) in [5.41, 5.74) is 3.38. The lowest BCUT2D eigenvalue weighted by molar-refractivity contribution is 0.0837. The first-order valence-electron chi connectivity index (χ1n) is 4.48. The summed E-state index contributed by atoms with van der Waals surface area (Å²) in [6.45, 7) is 0. The number of nitrogens with zero attached hydrogens (tertiary/aromatic N) is 1. The zero-order valence-electron chi connectivity index (χ0n) is 8.31. The Labute approximate surface area is 93.0 Å². The van der Waals surface area contributed by atoms with Gasteiger partial charge >= 0.3 is 5.91 Å². The Hall–Kier alpha value is -2.44. The van der Waals surface area contributed by atoms with Gasteiger partial charge < -0.3 is 10.3 Å². The van der Waals surface area contributed by atoms with Crippen LogP contribution in [0.2, 0.25) is 0 Å². The van der Waals surface area contributed by atoms with Crippen LogP contribution < -0.4 is 11.3 Å². The molecule has 5 nitrogen and oxygen atoms in total. The number of nitrogen functional groups attached to an aromatic ring is 1. The molecule has 0 atom stereocenters. The fourth-order valence-electron chi connectivity index (χ4n) is 1.30. The molecule has 88 valence electrons.